The van der Waals surface area contributed by atoms with E-state index in [9.17, 15) is 49.5 Å². The van der Waals surface area contributed by atoms with Crippen LogP contribution < -0.4 is 16.4 Å². The molecular formula is C30H30Cl2F8N4O4. The second-order valence-corrected chi connectivity index (χ2v) is 11.3. The van der Waals surface area contributed by atoms with Crippen LogP contribution in [0.5, 0.6) is 0 Å². The van der Waals surface area contributed by atoms with Crippen molar-refractivity contribution in [3.05, 3.63) is 79.7 Å². The van der Waals surface area contributed by atoms with Crippen LogP contribution in [0.4, 0.5) is 35.1 Å². The molecule has 2 aliphatic rings. The van der Waals surface area contributed by atoms with Crippen LogP contribution >= 0.6 is 23.2 Å². The summed E-state index contributed by atoms with van der Waals surface area (Å²) in [5, 5.41) is -0.0211. The highest BCUT2D eigenvalue weighted by molar-refractivity contribution is 6.31. The first-order valence-electron chi connectivity index (χ1n) is 14.5. The lowest BCUT2D eigenvalue weighted by Gasteiger charge is -2.20. The molecule has 5 rings (SSSR count). The number of alkyl halides is 6. The molecule has 1 fully saturated rings. The maximum absolute atomic E-state index is 14.0. The van der Waals surface area contributed by atoms with Gasteiger partial charge in [0, 0.05) is 47.4 Å². The van der Waals surface area contributed by atoms with Gasteiger partial charge in [0.05, 0.1) is 12.2 Å². The molecule has 0 saturated carbocycles. The van der Waals surface area contributed by atoms with Crippen LogP contribution in [0.2, 0.25) is 10.0 Å². The van der Waals surface area contributed by atoms with Gasteiger partial charge in [-0.1, -0.05) is 29.3 Å². The van der Waals surface area contributed by atoms with E-state index in [-0.39, 0.29) is 35.3 Å². The van der Waals surface area contributed by atoms with Gasteiger partial charge in [0.15, 0.2) is 11.6 Å². The fourth-order valence-corrected chi connectivity index (χ4v) is 5.21. The van der Waals surface area contributed by atoms with E-state index in [1.165, 1.54) is 25.8 Å². The number of rotatable bonds is 5. The van der Waals surface area contributed by atoms with Crippen molar-refractivity contribution in [2.24, 2.45) is 0 Å². The zero-order valence-corrected chi connectivity index (χ0v) is 26.7. The monoisotopic (exact) mass is 732 g/mol. The molecule has 1 aromatic heterocycles. The Morgan fingerprint density at radius 2 is 1.40 bits per heavy atom. The lowest BCUT2D eigenvalue weighted by Crippen LogP contribution is -2.37. The number of esters is 1. The van der Waals surface area contributed by atoms with Crippen molar-refractivity contribution in [1.82, 2.24) is 20.2 Å². The van der Waals surface area contributed by atoms with Gasteiger partial charge in [-0.2, -0.15) is 26.3 Å². The summed E-state index contributed by atoms with van der Waals surface area (Å²) in [6.45, 7) is 3.66. The van der Waals surface area contributed by atoms with Crippen molar-refractivity contribution in [3.63, 3.8) is 0 Å². The van der Waals surface area contributed by atoms with Crippen molar-refractivity contribution in [3.8, 4) is 11.1 Å². The summed E-state index contributed by atoms with van der Waals surface area (Å²) < 4.78 is 112. The summed E-state index contributed by atoms with van der Waals surface area (Å²) in [5.41, 5.74) is 2.39. The third-order valence-electron chi connectivity index (χ3n) is 7.01. The molecule has 3 aromatic rings. The molecule has 0 bridgehead atoms. The first-order chi connectivity index (χ1) is 22.5. The van der Waals surface area contributed by atoms with Crippen LogP contribution in [0.15, 0.2) is 41.2 Å². The van der Waals surface area contributed by atoms with Crippen LogP contribution in [0.1, 0.15) is 49.8 Å². The number of hydrazine groups is 1. The van der Waals surface area contributed by atoms with Gasteiger partial charge in [0.25, 0.3) is 11.3 Å². The predicted molar refractivity (Wildman–Crippen MR) is 160 cm³/mol. The Morgan fingerprint density at radius 1 is 0.854 bits per heavy atom. The van der Waals surface area contributed by atoms with Crippen LogP contribution in [0.25, 0.3) is 11.1 Å². The molecule has 0 amide bonds. The second-order valence-electron chi connectivity index (χ2n) is 10.4. The van der Waals surface area contributed by atoms with Gasteiger partial charge in [-0.15, -0.1) is 0 Å². The number of aromatic nitrogens is 2. The Kier molecular flexibility index (Phi) is 13.6. The van der Waals surface area contributed by atoms with Gasteiger partial charge in [-0.3, -0.25) is 29.9 Å². The number of carbonyl (C=O) groups is 2. The minimum absolute atomic E-state index is 0.0545. The first-order valence-corrected chi connectivity index (χ1v) is 15.3. The van der Waals surface area contributed by atoms with E-state index in [1.807, 2.05) is 0 Å². The number of ether oxygens (including phenoxy) is 1. The Morgan fingerprint density at radius 3 is 1.85 bits per heavy atom. The number of benzene rings is 2. The third kappa shape index (κ3) is 9.80. The second kappa shape index (κ2) is 16.8. The molecule has 1 unspecified atom stereocenters. The molecule has 18 heteroatoms. The lowest BCUT2D eigenvalue weighted by molar-refractivity contribution is -0.177. The number of hydrogen-bond donors (Lipinski definition) is 2. The average Bonchev–Trinajstić information content (AvgIpc) is 3.32. The Bertz CT molecular complexity index is 1640. The van der Waals surface area contributed by atoms with E-state index < -0.39 is 64.0 Å². The van der Waals surface area contributed by atoms with E-state index in [4.69, 9.17) is 23.2 Å². The molecular weight excluding hydrogens is 703 g/mol. The highest BCUT2D eigenvalue weighted by atomic mass is 35.5. The van der Waals surface area contributed by atoms with Crippen molar-refractivity contribution in [2.75, 3.05) is 19.7 Å². The highest BCUT2D eigenvalue weighted by Gasteiger charge is 2.48. The third-order valence-corrected chi connectivity index (χ3v) is 7.48. The topological polar surface area (TPSA) is 94.4 Å². The highest BCUT2D eigenvalue weighted by Crippen LogP contribution is 2.38. The van der Waals surface area contributed by atoms with Crippen LogP contribution in [0, 0.1) is 11.6 Å². The lowest BCUT2D eigenvalue weighted by atomic mass is 9.94. The summed E-state index contributed by atoms with van der Waals surface area (Å²) in [6.07, 6.45) is -6.23. The predicted octanol–water partition coefficient (Wildman–Crippen LogP) is 7.05. The molecule has 2 aromatic carbocycles. The van der Waals surface area contributed by atoms with Gasteiger partial charge < -0.3 is 4.74 Å². The largest absolute Gasteiger partial charge is 0.465 e. The van der Waals surface area contributed by atoms with E-state index in [0.717, 1.165) is 46.7 Å². The Labute approximate surface area is 278 Å². The smallest absolute Gasteiger partial charge is 0.451 e. The van der Waals surface area contributed by atoms with E-state index in [2.05, 4.69) is 15.6 Å². The Hall–Kier alpha value is -3.47. The van der Waals surface area contributed by atoms with Gasteiger partial charge in [0.2, 0.25) is 0 Å². The first kappa shape index (κ1) is 39.0. The number of carbonyl (C=O) groups excluding carboxylic acids is 2. The van der Waals surface area contributed by atoms with Gasteiger partial charge >= 0.3 is 18.3 Å². The van der Waals surface area contributed by atoms with Crippen LogP contribution in [-0.4, -0.2) is 47.0 Å². The quantitative estimate of drug-likeness (QED) is 0.166. The maximum atomic E-state index is 14.0. The minimum Gasteiger partial charge on any atom is -0.465 e. The fourth-order valence-electron chi connectivity index (χ4n) is 4.89. The standard InChI is InChI=1S/C14H11ClF4N2O.C12H9ClF4O3.C4H10N2/c15-8-3-4-9(10(16)7-8)11-12(14(17,18)19)20-5-1-2-6-21(20)13(11)22;1-2-20-11(19)9(10(18)12(15,16)17)7-4-3-6(13)5-8(7)14;1-2-4-6-5-3-1/h3-4,7H,1-2,5-6H2;3-5,9H,2H2,1H3;5-6H,1-4H2. The molecule has 2 aliphatic heterocycles. The van der Waals surface area contributed by atoms with E-state index in [1.54, 1.807) is 0 Å². The number of Topliss-reactive ketones (excluding diaryl/α,β-unsaturated/α-hetero) is 1. The van der Waals surface area contributed by atoms with Gasteiger partial charge in [-0.25, -0.2) is 13.5 Å². The summed E-state index contributed by atoms with van der Waals surface area (Å²) in [5.74, 6) is -8.38. The SMILES string of the molecule is C1CCNNC1.CCOC(=O)C(C(=O)C(F)(F)F)c1ccc(Cl)cc1F.O=c1c(-c2ccc(Cl)cc2F)c(C(F)(F)F)n2n1CCCC2. The number of hydrogen-bond acceptors (Lipinski definition) is 6. The number of halogens is 10. The number of fused-ring (bicyclic) bond motifs is 1. The fraction of sp³-hybridized carbons (Fsp3) is 0.433. The molecule has 0 spiro atoms. The van der Waals surface area contributed by atoms with Gasteiger partial charge in [0.1, 0.15) is 11.6 Å². The molecule has 3 heterocycles. The summed E-state index contributed by atoms with van der Waals surface area (Å²) in [4.78, 5) is 35.2. The van der Waals surface area contributed by atoms with Gasteiger partial charge in [-0.05, 0) is 62.9 Å². The normalized spacial score (nSPS) is 15.2. The summed E-state index contributed by atoms with van der Waals surface area (Å²) >= 11 is 11.1. The summed E-state index contributed by atoms with van der Waals surface area (Å²) in [7, 11) is 0. The van der Waals surface area contributed by atoms with Crippen LogP contribution in [0.3, 0.4) is 0 Å². The molecule has 8 nitrogen and oxygen atoms in total. The van der Waals surface area contributed by atoms with Crippen molar-refractivity contribution in [1.29, 1.82) is 0 Å². The Balaban J connectivity index is 0.000000223. The average molecular weight is 733 g/mol. The van der Waals surface area contributed by atoms with E-state index >= 15 is 0 Å². The zero-order chi connectivity index (χ0) is 35.8. The van der Waals surface area contributed by atoms with Crippen molar-refractivity contribution >= 4 is 35.0 Å². The number of nitrogens with one attached hydrogen (secondary N) is 2. The molecule has 1 atom stereocenters. The number of nitrogens with zero attached hydrogens (tertiary/aromatic N) is 2. The van der Waals surface area contributed by atoms with Crippen molar-refractivity contribution < 1.29 is 49.4 Å². The molecule has 264 valence electrons. The molecule has 0 radical (unpaired) electrons. The maximum Gasteiger partial charge on any atom is 0.451 e. The molecule has 48 heavy (non-hydrogen) atoms. The zero-order valence-electron chi connectivity index (χ0n) is 25.2. The van der Waals surface area contributed by atoms with E-state index in [0.29, 0.717) is 18.9 Å². The molecule has 0 aliphatic carbocycles. The number of ketones is 1. The molecule has 2 N–H and O–H groups in total. The van der Waals surface area contributed by atoms with Crippen LogP contribution in [-0.2, 0) is 33.6 Å². The summed E-state index contributed by atoms with van der Waals surface area (Å²) in [6, 6.07) is 5.92. The van der Waals surface area contributed by atoms with Crippen molar-refractivity contribution in [2.45, 2.75) is 64.0 Å². The molecule has 1 saturated heterocycles. The minimum atomic E-state index is -5.29.